The molecule has 1 heterocycles. The van der Waals surface area contributed by atoms with Gasteiger partial charge in [-0.1, -0.05) is 11.6 Å². The van der Waals surface area contributed by atoms with E-state index in [1.54, 1.807) is 0 Å². The lowest BCUT2D eigenvalue weighted by molar-refractivity contribution is -0.135. The van der Waals surface area contributed by atoms with Crippen molar-refractivity contribution in [2.24, 2.45) is 5.92 Å². The Balaban J connectivity index is 2.02. The molecule has 0 bridgehead atoms. The number of ether oxygens (including phenoxy) is 1. The van der Waals surface area contributed by atoms with Crippen LogP contribution < -0.4 is 0 Å². The Hall–Kier alpha value is -0.340. The van der Waals surface area contributed by atoms with Gasteiger partial charge in [0.25, 0.3) is 0 Å². The first-order valence-electron chi connectivity index (χ1n) is 6.87. The average molecular weight is 238 g/mol. The molecule has 0 radical (unpaired) electrons. The van der Waals surface area contributed by atoms with Crippen LogP contribution >= 0.6 is 0 Å². The number of rotatable bonds is 2. The standard InChI is InChI=1S/C15H26O2/c1-11-5-7-12(8-6-11)15(4)10-9-13(17-15)14(2,3)16/h5,12-13,16H,6-10H2,1-4H3/t12-,13-,15+/m0/s1. The van der Waals surface area contributed by atoms with Gasteiger partial charge >= 0.3 is 0 Å². The normalized spacial score (nSPS) is 39.2. The zero-order valence-electron chi connectivity index (χ0n) is 11.6. The highest BCUT2D eigenvalue weighted by molar-refractivity contribution is 5.07. The largest absolute Gasteiger partial charge is 0.388 e. The lowest BCUT2D eigenvalue weighted by Crippen LogP contribution is -2.41. The molecule has 0 amide bonds. The van der Waals surface area contributed by atoms with Gasteiger partial charge in [0, 0.05) is 0 Å². The zero-order chi connectivity index (χ0) is 12.7. The second kappa shape index (κ2) is 4.40. The summed E-state index contributed by atoms with van der Waals surface area (Å²) < 4.78 is 6.21. The van der Waals surface area contributed by atoms with E-state index < -0.39 is 5.60 Å². The van der Waals surface area contributed by atoms with E-state index in [0.29, 0.717) is 5.92 Å². The Bertz CT molecular complexity index is 313. The van der Waals surface area contributed by atoms with Crippen LogP contribution in [-0.2, 0) is 4.74 Å². The van der Waals surface area contributed by atoms with Gasteiger partial charge < -0.3 is 9.84 Å². The van der Waals surface area contributed by atoms with E-state index in [4.69, 9.17) is 4.74 Å². The van der Waals surface area contributed by atoms with Crippen molar-refractivity contribution in [3.05, 3.63) is 11.6 Å². The van der Waals surface area contributed by atoms with Gasteiger partial charge in [0.2, 0.25) is 0 Å². The van der Waals surface area contributed by atoms with Crippen molar-refractivity contribution in [2.45, 2.75) is 77.1 Å². The average Bonchev–Trinajstić information content (AvgIpc) is 2.62. The van der Waals surface area contributed by atoms with Gasteiger partial charge in [0.15, 0.2) is 0 Å². The molecule has 0 spiro atoms. The van der Waals surface area contributed by atoms with Crippen LogP contribution in [0.5, 0.6) is 0 Å². The van der Waals surface area contributed by atoms with E-state index in [-0.39, 0.29) is 11.7 Å². The molecule has 2 aliphatic rings. The van der Waals surface area contributed by atoms with Gasteiger partial charge in [-0.05, 0) is 65.7 Å². The minimum atomic E-state index is -0.710. The first-order chi connectivity index (χ1) is 7.81. The molecule has 2 heteroatoms. The van der Waals surface area contributed by atoms with Gasteiger partial charge in [-0.3, -0.25) is 0 Å². The Morgan fingerprint density at radius 1 is 1.41 bits per heavy atom. The fourth-order valence-electron chi connectivity index (χ4n) is 3.18. The maximum atomic E-state index is 10.1. The van der Waals surface area contributed by atoms with Gasteiger partial charge in [-0.2, -0.15) is 0 Å². The Labute approximate surface area is 105 Å². The van der Waals surface area contributed by atoms with Gasteiger partial charge in [0.1, 0.15) is 0 Å². The predicted molar refractivity (Wildman–Crippen MR) is 69.9 cm³/mol. The van der Waals surface area contributed by atoms with Crippen molar-refractivity contribution in [3.8, 4) is 0 Å². The number of aliphatic hydroxyl groups is 1. The van der Waals surface area contributed by atoms with E-state index in [9.17, 15) is 5.11 Å². The van der Waals surface area contributed by atoms with Crippen LogP contribution in [0.2, 0.25) is 0 Å². The monoisotopic (exact) mass is 238 g/mol. The summed E-state index contributed by atoms with van der Waals surface area (Å²) in [6.07, 6.45) is 8.01. The van der Waals surface area contributed by atoms with Crippen LogP contribution in [0.4, 0.5) is 0 Å². The van der Waals surface area contributed by atoms with Crippen LogP contribution in [-0.4, -0.2) is 22.4 Å². The van der Waals surface area contributed by atoms with E-state index in [2.05, 4.69) is 19.9 Å². The summed E-state index contributed by atoms with van der Waals surface area (Å²) in [5, 5.41) is 10.1. The minimum absolute atomic E-state index is 0.000460. The minimum Gasteiger partial charge on any atom is -0.388 e. The molecule has 0 aromatic carbocycles. The molecule has 1 saturated heterocycles. The molecule has 1 N–H and O–H groups in total. The van der Waals surface area contributed by atoms with Crippen molar-refractivity contribution < 1.29 is 9.84 Å². The molecule has 0 aromatic heterocycles. The summed E-state index contributed by atoms with van der Waals surface area (Å²) in [4.78, 5) is 0. The molecule has 0 aromatic rings. The lowest BCUT2D eigenvalue weighted by Gasteiger charge is -2.37. The summed E-state index contributed by atoms with van der Waals surface area (Å²) in [5.74, 6) is 0.624. The Kier molecular flexibility index (Phi) is 3.39. The van der Waals surface area contributed by atoms with Crippen molar-refractivity contribution >= 4 is 0 Å². The van der Waals surface area contributed by atoms with Crippen molar-refractivity contribution in [1.82, 2.24) is 0 Å². The molecule has 3 atom stereocenters. The van der Waals surface area contributed by atoms with Crippen LogP contribution in [0, 0.1) is 5.92 Å². The topological polar surface area (TPSA) is 29.5 Å². The van der Waals surface area contributed by atoms with Crippen LogP contribution in [0.1, 0.15) is 59.8 Å². The molecular weight excluding hydrogens is 212 g/mol. The first-order valence-corrected chi connectivity index (χ1v) is 6.87. The summed E-state index contributed by atoms with van der Waals surface area (Å²) in [6, 6.07) is 0. The third kappa shape index (κ3) is 2.74. The summed E-state index contributed by atoms with van der Waals surface area (Å²) >= 11 is 0. The molecule has 0 saturated carbocycles. The molecule has 0 unspecified atom stereocenters. The Morgan fingerprint density at radius 3 is 2.59 bits per heavy atom. The lowest BCUT2D eigenvalue weighted by atomic mass is 9.77. The SMILES string of the molecule is CC1=CC[C@H]([C@@]2(C)CC[C@@H](C(C)(C)O)O2)CC1. The van der Waals surface area contributed by atoms with E-state index >= 15 is 0 Å². The third-order valence-corrected chi connectivity index (χ3v) is 4.60. The Morgan fingerprint density at radius 2 is 2.12 bits per heavy atom. The molecule has 1 aliphatic carbocycles. The smallest absolute Gasteiger partial charge is 0.0865 e. The van der Waals surface area contributed by atoms with Crippen molar-refractivity contribution in [1.29, 1.82) is 0 Å². The van der Waals surface area contributed by atoms with Crippen molar-refractivity contribution in [3.63, 3.8) is 0 Å². The highest BCUT2D eigenvalue weighted by Gasteiger charge is 2.46. The number of allylic oxidation sites excluding steroid dienone is 2. The molecule has 17 heavy (non-hydrogen) atoms. The molecular formula is C15H26O2. The van der Waals surface area contributed by atoms with E-state index in [0.717, 1.165) is 19.3 Å². The maximum absolute atomic E-state index is 10.1. The predicted octanol–water partition coefficient (Wildman–Crippen LogP) is 3.44. The third-order valence-electron chi connectivity index (χ3n) is 4.60. The summed E-state index contributed by atoms with van der Waals surface area (Å²) in [5.41, 5.74) is 0.780. The van der Waals surface area contributed by atoms with Gasteiger partial charge in [-0.25, -0.2) is 0 Å². The molecule has 2 rings (SSSR count). The van der Waals surface area contributed by atoms with Crippen LogP contribution in [0.25, 0.3) is 0 Å². The highest BCUT2D eigenvalue weighted by atomic mass is 16.5. The molecule has 1 fully saturated rings. The van der Waals surface area contributed by atoms with Crippen molar-refractivity contribution in [2.75, 3.05) is 0 Å². The molecule has 98 valence electrons. The van der Waals surface area contributed by atoms with Crippen LogP contribution in [0.3, 0.4) is 0 Å². The van der Waals surface area contributed by atoms with E-state index in [1.165, 1.54) is 18.4 Å². The fraction of sp³-hybridized carbons (Fsp3) is 0.867. The first kappa shape index (κ1) is 13.1. The molecule has 2 nitrogen and oxygen atoms in total. The van der Waals surface area contributed by atoms with Gasteiger partial charge in [0.05, 0.1) is 17.3 Å². The fourth-order valence-corrected chi connectivity index (χ4v) is 3.18. The second-order valence-corrected chi connectivity index (χ2v) is 6.63. The van der Waals surface area contributed by atoms with Crippen LogP contribution in [0.15, 0.2) is 11.6 Å². The number of hydrogen-bond donors (Lipinski definition) is 1. The molecule has 1 aliphatic heterocycles. The summed E-state index contributed by atoms with van der Waals surface area (Å²) in [7, 11) is 0. The zero-order valence-corrected chi connectivity index (χ0v) is 11.6. The van der Waals surface area contributed by atoms with E-state index in [1.807, 2.05) is 13.8 Å². The quantitative estimate of drug-likeness (QED) is 0.747. The maximum Gasteiger partial charge on any atom is 0.0865 e. The summed E-state index contributed by atoms with van der Waals surface area (Å²) in [6.45, 7) is 8.16. The number of hydrogen-bond acceptors (Lipinski definition) is 2. The highest BCUT2D eigenvalue weighted by Crippen LogP contribution is 2.44. The van der Waals surface area contributed by atoms with Gasteiger partial charge in [-0.15, -0.1) is 0 Å². The second-order valence-electron chi connectivity index (χ2n) is 6.63.